The van der Waals surface area contributed by atoms with Crippen LogP contribution in [-0.2, 0) is 14.0 Å². The Labute approximate surface area is 251 Å². The zero-order valence-corrected chi connectivity index (χ0v) is 29.3. The SMILES string of the molecule is CC1(C)CC2C3=CCC4[C@@]5(C)CC[C@H](O[Si](C)(C)C(C)(C)C)C(C)(C)C5CC[C@@]4(C)[C@]3(C)C[C@H](O)[C@@]2(C=O)[C@@H]2O[C@@H]21. The molecule has 11 atom stereocenters. The first kappa shape index (κ1) is 30.5. The monoisotopic (exact) mass is 584 g/mol. The molecule has 0 bridgehead atoms. The average molecular weight is 585 g/mol. The van der Waals surface area contributed by atoms with E-state index < -0.39 is 19.8 Å². The summed E-state index contributed by atoms with van der Waals surface area (Å²) in [6, 6.07) is 0. The first-order chi connectivity index (χ1) is 18.6. The molecule has 232 valence electrons. The summed E-state index contributed by atoms with van der Waals surface area (Å²) in [6.45, 7) is 29.2. The Balaban J connectivity index is 1.37. The minimum Gasteiger partial charge on any atom is -0.413 e. The van der Waals surface area contributed by atoms with Crippen LogP contribution in [0.3, 0.4) is 0 Å². The Kier molecular flexibility index (Phi) is 6.41. The molecule has 5 heteroatoms. The molecule has 5 fully saturated rings. The summed E-state index contributed by atoms with van der Waals surface area (Å²) < 4.78 is 13.4. The Morgan fingerprint density at radius 2 is 1.63 bits per heavy atom. The van der Waals surface area contributed by atoms with Gasteiger partial charge in [-0.2, -0.15) is 0 Å². The third-order valence-electron chi connectivity index (χ3n) is 15.5. The van der Waals surface area contributed by atoms with Crippen LogP contribution in [0.5, 0.6) is 0 Å². The predicted octanol–water partition coefficient (Wildman–Crippen LogP) is 8.34. The number of hydrogen-bond donors (Lipinski definition) is 1. The van der Waals surface area contributed by atoms with Crippen molar-refractivity contribution in [2.75, 3.05) is 0 Å². The van der Waals surface area contributed by atoms with E-state index in [0.717, 1.165) is 25.5 Å². The molecule has 0 amide bonds. The highest BCUT2D eigenvalue weighted by Gasteiger charge is 2.76. The summed E-state index contributed by atoms with van der Waals surface area (Å²) in [7, 11) is -1.87. The lowest BCUT2D eigenvalue weighted by atomic mass is 9.33. The van der Waals surface area contributed by atoms with Crippen molar-refractivity contribution in [3.63, 3.8) is 0 Å². The van der Waals surface area contributed by atoms with Crippen LogP contribution in [0.25, 0.3) is 0 Å². The molecule has 1 N–H and O–H groups in total. The molecule has 6 aliphatic rings. The molecule has 1 aliphatic heterocycles. The second-order valence-electron chi connectivity index (χ2n) is 19.1. The number of allylic oxidation sites excluding steroid dienone is 2. The van der Waals surface area contributed by atoms with Gasteiger partial charge in [0.15, 0.2) is 8.32 Å². The number of carbonyl (C=O) groups excluding carboxylic acids is 1. The van der Waals surface area contributed by atoms with Crippen molar-refractivity contribution in [3.05, 3.63) is 11.6 Å². The maximum absolute atomic E-state index is 12.9. The van der Waals surface area contributed by atoms with E-state index in [4.69, 9.17) is 9.16 Å². The van der Waals surface area contributed by atoms with Crippen molar-refractivity contribution in [1.82, 2.24) is 0 Å². The normalized spacial score (nSPS) is 51.6. The number of carbonyl (C=O) groups is 1. The standard InChI is InChI=1S/C36H60O4Si/c1-30(2,3)41(11,12)40-27-16-17-33(8)24(32(27,6)7)15-18-34(9)25(33)14-13-22-23-19-31(4,5)28-29(39-28)36(23,21-37)26(38)20-35(22,34)10/h13,21,23-29,38H,14-20H2,1-12H3/t23?,24?,25?,26-,27-,28-,29+,33-,34+,35+,36-/m0/s1. The van der Waals surface area contributed by atoms with E-state index in [1.165, 1.54) is 24.8 Å². The first-order valence-electron chi connectivity index (χ1n) is 16.8. The summed E-state index contributed by atoms with van der Waals surface area (Å²) in [5, 5.41) is 12.2. The smallest absolute Gasteiger partial charge is 0.192 e. The van der Waals surface area contributed by atoms with Crippen LogP contribution in [0.2, 0.25) is 18.1 Å². The molecule has 6 rings (SSSR count). The number of ether oxygens (including phenoxy) is 1. The van der Waals surface area contributed by atoms with Crippen LogP contribution in [0.4, 0.5) is 0 Å². The van der Waals surface area contributed by atoms with Gasteiger partial charge >= 0.3 is 0 Å². The molecule has 0 spiro atoms. The van der Waals surface area contributed by atoms with Gasteiger partial charge in [0.25, 0.3) is 0 Å². The topological polar surface area (TPSA) is 59.1 Å². The van der Waals surface area contributed by atoms with Crippen molar-refractivity contribution in [3.8, 4) is 0 Å². The lowest BCUT2D eigenvalue weighted by Crippen LogP contribution is -2.68. The van der Waals surface area contributed by atoms with Crippen LogP contribution in [0.1, 0.15) is 114 Å². The van der Waals surface area contributed by atoms with E-state index in [0.29, 0.717) is 24.4 Å². The number of hydrogen-bond acceptors (Lipinski definition) is 4. The second-order valence-corrected chi connectivity index (χ2v) is 23.8. The Morgan fingerprint density at radius 1 is 0.976 bits per heavy atom. The molecular formula is C36H60O4Si. The maximum Gasteiger partial charge on any atom is 0.192 e. The van der Waals surface area contributed by atoms with E-state index in [-0.39, 0.29) is 50.2 Å². The summed E-state index contributed by atoms with van der Waals surface area (Å²) >= 11 is 0. The molecule has 4 saturated carbocycles. The van der Waals surface area contributed by atoms with E-state index in [1.807, 2.05) is 0 Å². The fraction of sp³-hybridized carbons (Fsp3) is 0.917. The highest BCUT2D eigenvalue weighted by Crippen LogP contribution is 2.77. The Bertz CT molecular complexity index is 1150. The van der Waals surface area contributed by atoms with Crippen LogP contribution in [-0.4, -0.2) is 44.1 Å². The van der Waals surface area contributed by atoms with Crippen molar-refractivity contribution in [2.24, 2.45) is 50.2 Å². The molecule has 4 nitrogen and oxygen atoms in total. The molecular weight excluding hydrogens is 524 g/mol. The van der Waals surface area contributed by atoms with Gasteiger partial charge in [0, 0.05) is 0 Å². The zero-order valence-electron chi connectivity index (χ0n) is 28.3. The molecule has 0 aromatic carbocycles. The summed E-state index contributed by atoms with van der Waals surface area (Å²) in [5.74, 6) is 1.25. The zero-order chi connectivity index (χ0) is 30.4. The minimum atomic E-state index is -1.87. The summed E-state index contributed by atoms with van der Waals surface area (Å²) in [6.07, 6.45) is 10.8. The quantitative estimate of drug-likeness (QED) is 0.157. The van der Waals surface area contributed by atoms with Gasteiger partial charge in [-0.05, 0) is 108 Å². The Morgan fingerprint density at radius 3 is 2.24 bits per heavy atom. The van der Waals surface area contributed by atoms with Gasteiger partial charge in [0.1, 0.15) is 12.4 Å². The number of fused-ring (bicyclic) bond motifs is 9. The van der Waals surface area contributed by atoms with Gasteiger partial charge in [-0.1, -0.05) is 80.9 Å². The van der Waals surface area contributed by atoms with Crippen LogP contribution < -0.4 is 0 Å². The number of epoxide rings is 1. The molecule has 3 unspecified atom stereocenters. The van der Waals surface area contributed by atoms with E-state index in [9.17, 15) is 9.90 Å². The first-order valence-corrected chi connectivity index (χ1v) is 19.7. The lowest BCUT2D eigenvalue weighted by molar-refractivity contribution is -0.210. The van der Waals surface area contributed by atoms with Crippen molar-refractivity contribution in [2.45, 2.75) is 157 Å². The number of aldehydes is 1. The molecule has 1 saturated heterocycles. The summed E-state index contributed by atoms with van der Waals surface area (Å²) in [4.78, 5) is 12.9. The predicted molar refractivity (Wildman–Crippen MR) is 168 cm³/mol. The van der Waals surface area contributed by atoms with E-state index >= 15 is 0 Å². The highest BCUT2D eigenvalue weighted by molar-refractivity contribution is 6.74. The highest BCUT2D eigenvalue weighted by atomic mass is 28.4. The lowest BCUT2D eigenvalue weighted by Gasteiger charge is -2.71. The van der Waals surface area contributed by atoms with Crippen molar-refractivity contribution in [1.29, 1.82) is 0 Å². The van der Waals surface area contributed by atoms with Crippen LogP contribution in [0.15, 0.2) is 11.6 Å². The van der Waals surface area contributed by atoms with Gasteiger partial charge < -0.3 is 19.1 Å². The molecule has 0 aromatic heterocycles. The van der Waals surface area contributed by atoms with Gasteiger partial charge in [0.2, 0.25) is 0 Å². The molecule has 41 heavy (non-hydrogen) atoms. The third-order valence-corrected chi connectivity index (χ3v) is 20.0. The molecule has 0 aromatic rings. The number of rotatable bonds is 3. The largest absolute Gasteiger partial charge is 0.413 e. The summed E-state index contributed by atoms with van der Waals surface area (Å²) in [5.41, 5.74) is 1.05. The maximum atomic E-state index is 12.9. The number of aliphatic hydroxyl groups is 1. The Hall–Kier alpha value is -0.493. The minimum absolute atomic E-state index is 0.0224. The van der Waals surface area contributed by atoms with Crippen molar-refractivity contribution >= 4 is 14.6 Å². The third kappa shape index (κ3) is 3.70. The fourth-order valence-electron chi connectivity index (χ4n) is 11.8. The number of aliphatic hydroxyl groups excluding tert-OH is 1. The second kappa shape index (κ2) is 8.61. The van der Waals surface area contributed by atoms with Crippen LogP contribution >= 0.6 is 0 Å². The van der Waals surface area contributed by atoms with Crippen molar-refractivity contribution < 1.29 is 19.1 Å². The van der Waals surface area contributed by atoms with Gasteiger partial charge in [0.05, 0.1) is 23.7 Å². The van der Waals surface area contributed by atoms with Gasteiger partial charge in [-0.25, -0.2) is 0 Å². The molecule has 5 aliphatic carbocycles. The van der Waals surface area contributed by atoms with E-state index in [2.05, 4.69) is 88.4 Å². The van der Waals surface area contributed by atoms with Crippen LogP contribution in [0, 0.1) is 50.2 Å². The van der Waals surface area contributed by atoms with Gasteiger partial charge in [-0.3, -0.25) is 0 Å². The molecule has 0 radical (unpaired) electrons. The molecule has 1 heterocycles. The van der Waals surface area contributed by atoms with Gasteiger partial charge in [-0.15, -0.1) is 0 Å². The fourth-order valence-corrected chi connectivity index (χ4v) is 13.3. The van der Waals surface area contributed by atoms with E-state index in [1.54, 1.807) is 0 Å². The average Bonchev–Trinajstić information content (AvgIpc) is 3.64.